The fourth-order valence-electron chi connectivity index (χ4n) is 4.47. The van der Waals surface area contributed by atoms with Gasteiger partial charge in [0.15, 0.2) is 0 Å². The second kappa shape index (κ2) is 9.12. The first-order chi connectivity index (χ1) is 10.2. The highest BCUT2D eigenvalue weighted by Gasteiger charge is 2.43. The van der Waals surface area contributed by atoms with E-state index in [-0.39, 0.29) is 24.1 Å². The molecule has 3 heteroatoms. The average molecular weight is 297 g/mol. The molecule has 2 aliphatic rings. The van der Waals surface area contributed by atoms with Crippen molar-refractivity contribution in [3.63, 3.8) is 0 Å². The van der Waals surface area contributed by atoms with Crippen LogP contribution in [0.3, 0.4) is 0 Å². The van der Waals surface area contributed by atoms with Crippen LogP contribution in [0.5, 0.6) is 0 Å². The molecule has 21 heavy (non-hydrogen) atoms. The van der Waals surface area contributed by atoms with Gasteiger partial charge in [0, 0.05) is 18.8 Å². The lowest BCUT2D eigenvalue weighted by Gasteiger charge is -2.50. The number of unbranched alkanes of at least 4 members (excludes halogenated alkanes) is 6. The molecule has 5 atom stereocenters. The van der Waals surface area contributed by atoms with E-state index in [2.05, 4.69) is 6.92 Å². The Morgan fingerprint density at radius 2 is 1.67 bits per heavy atom. The van der Waals surface area contributed by atoms with Gasteiger partial charge in [0.1, 0.15) is 0 Å². The molecule has 0 radical (unpaired) electrons. The number of hydroxylamine groups is 2. The van der Waals surface area contributed by atoms with Crippen LogP contribution in [0.1, 0.15) is 90.4 Å². The van der Waals surface area contributed by atoms with Gasteiger partial charge in [0.25, 0.3) is 0 Å². The first-order valence-electron chi connectivity index (χ1n) is 9.45. The van der Waals surface area contributed by atoms with Crippen molar-refractivity contribution in [2.24, 2.45) is 5.92 Å². The smallest absolute Gasteiger partial charge is 0.0927 e. The van der Waals surface area contributed by atoms with Crippen LogP contribution >= 0.6 is 0 Å². The molecule has 0 aromatic carbocycles. The van der Waals surface area contributed by atoms with Crippen LogP contribution in [0.15, 0.2) is 0 Å². The van der Waals surface area contributed by atoms with Crippen LogP contribution < -0.4 is 5.06 Å². The summed E-state index contributed by atoms with van der Waals surface area (Å²) in [6.07, 6.45) is 15.2. The molecular formula is C18H35NO2. The van der Waals surface area contributed by atoms with E-state index in [0.29, 0.717) is 5.06 Å². The second-order valence-corrected chi connectivity index (χ2v) is 7.37. The number of nitrogens with one attached hydrogen (secondary N) is 1. The van der Waals surface area contributed by atoms with Gasteiger partial charge in [-0.15, -0.1) is 0 Å². The third kappa shape index (κ3) is 4.94. The van der Waals surface area contributed by atoms with Crippen molar-refractivity contribution in [3.8, 4) is 0 Å². The summed E-state index contributed by atoms with van der Waals surface area (Å²) in [5.41, 5.74) is 0. The van der Waals surface area contributed by atoms with Crippen LogP contribution in [0.25, 0.3) is 0 Å². The van der Waals surface area contributed by atoms with Gasteiger partial charge in [0.05, 0.1) is 18.2 Å². The van der Waals surface area contributed by atoms with E-state index in [9.17, 15) is 10.3 Å². The number of piperidine rings is 1. The average Bonchev–Trinajstić information content (AvgIpc) is 2.51. The zero-order valence-electron chi connectivity index (χ0n) is 13.9. The Morgan fingerprint density at radius 1 is 1.00 bits per heavy atom. The lowest BCUT2D eigenvalue weighted by Crippen LogP contribution is -3.17. The molecule has 2 N–H and O–H groups in total. The summed E-state index contributed by atoms with van der Waals surface area (Å²) in [4.78, 5) is 0. The van der Waals surface area contributed by atoms with E-state index in [1.165, 1.54) is 57.8 Å². The van der Waals surface area contributed by atoms with Gasteiger partial charge in [-0.25, -0.2) is 0 Å². The summed E-state index contributed by atoms with van der Waals surface area (Å²) >= 11 is 0. The number of hydrogen-bond acceptors (Lipinski definition) is 2. The van der Waals surface area contributed by atoms with Gasteiger partial charge in [-0.3, -0.25) is 0 Å². The summed E-state index contributed by atoms with van der Waals surface area (Å²) in [6.45, 7) is 2.25. The first kappa shape index (κ1) is 17.2. The molecule has 3 nitrogen and oxygen atoms in total. The lowest BCUT2D eigenvalue weighted by molar-refractivity contribution is -0.915. The van der Waals surface area contributed by atoms with Crippen molar-refractivity contribution in [2.75, 3.05) is 0 Å². The first-order valence-corrected chi connectivity index (χ1v) is 9.45. The number of fused-ring (bicyclic) bond motifs is 1. The Kier molecular flexibility index (Phi) is 7.48. The number of rotatable bonds is 8. The Bertz CT molecular complexity index is 284. The van der Waals surface area contributed by atoms with E-state index in [4.69, 9.17) is 0 Å². The maximum absolute atomic E-state index is 12.6. The maximum Gasteiger partial charge on any atom is 0.0927 e. The highest BCUT2D eigenvalue weighted by Crippen LogP contribution is 2.31. The minimum absolute atomic E-state index is 0.162. The van der Waals surface area contributed by atoms with Gasteiger partial charge in [0.2, 0.25) is 0 Å². The Morgan fingerprint density at radius 3 is 2.43 bits per heavy atom. The largest absolute Gasteiger partial charge is 0.634 e. The van der Waals surface area contributed by atoms with Gasteiger partial charge >= 0.3 is 0 Å². The van der Waals surface area contributed by atoms with Crippen molar-refractivity contribution >= 4 is 0 Å². The molecular weight excluding hydrogens is 262 g/mol. The fourth-order valence-corrected chi connectivity index (χ4v) is 4.47. The van der Waals surface area contributed by atoms with E-state index >= 15 is 0 Å². The Balaban J connectivity index is 1.66. The molecule has 1 aliphatic heterocycles. The summed E-state index contributed by atoms with van der Waals surface area (Å²) in [5, 5.41) is 23.4. The molecule has 0 spiro atoms. The highest BCUT2D eigenvalue weighted by molar-refractivity contribution is 4.86. The number of aliphatic hydroxyl groups excluding tert-OH is 1. The van der Waals surface area contributed by atoms with Gasteiger partial charge in [-0.1, -0.05) is 51.9 Å². The second-order valence-electron chi connectivity index (χ2n) is 7.37. The van der Waals surface area contributed by atoms with Gasteiger partial charge in [-0.05, 0) is 25.7 Å². The van der Waals surface area contributed by atoms with E-state index < -0.39 is 0 Å². The normalized spacial score (nSPS) is 36.4. The monoisotopic (exact) mass is 297 g/mol. The Hall–Kier alpha value is -0.120. The van der Waals surface area contributed by atoms with Crippen molar-refractivity contribution < 1.29 is 10.2 Å². The summed E-state index contributed by atoms with van der Waals surface area (Å²) in [5.74, 6) is 0.288. The molecule has 124 valence electrons. The predicted molar refractivity (Wildman–Crippen MR) is 87.1 cm³/mol. The molecule has 2 fully saturated rings. The van der Waals surface area contributed by atoms with Crippen LogP contribution in [0, 0.1) is 11.1 Å². The van der Waals surface area contributed by atoms with Gasteiger partial charge in [-0.2, -0.15) is 0 Å². The van der Waals surface area contributed by atoms with Crippen molar-refractivity contribution in [2.45, 2.75) is 109 Å². The molecule has 0 aromatic heterocycles. The molecule has 1 aliphatic carbocycles. The molecule has 1 saturated heterocycles. The SMILES string of the molecule is CCCCCCCCCC1CC(O)C2CCCCC2[NH+]1[O-]. The van der Waals surface area contributed by atoms with Crippen LogP contribution in [-0.2, 0) is 0 Å². The number of hydrogen-bond donors (Lipinski definition) is 2. The minimum atomic E-state index is -0.206. The third-order valence-electron chi connectivity index (χ3n) is 5.76. The van der Waals surface area contributed by atoms with Crippen molar-refractivity contribution in [3.05, 3.63) is 5.21 Å². The lowest BCUT2D eigenvalue weighted by atomic mass is 9.75. The molecule has 0 amide bonds. The van der Waals surface area contributed by atoms with Crippen molar-refractivity contribution in [1.29, 1.82) is 0 Å². The van der Waals surface area contributed by atoms with E-state index in [1.54, 1.807) is 0 Å². The van der Waals surface area contributed by atoms with E-state index in [1.807, 2.05) is 0 Å². The molecule has 1 heterocycles. The zero-order valence-corrected chi connectivity index (χ0v) is 13.9. The minimum Gasteiger partial charge on any atom is -0.634 e. The molecule has 1 saturated carbocycles. The van der Waals surface area contributed by atoms with Crippen molar-refractivity contribution in [1.82, 2.24) is 0 Å². The topological polar surface area (TPSA) is 47.7 Å². The van der Waals surface area contributed by atoms with E-state index in [0.717, 1.165) is 25.7 Å². The summed E-state index contributed by atoms with van der Waals surface area (Å²) in [7, 11) is 0. The molecule has 5 unspecified atom stereocenters. The molecule has 2 rings (SSSR count). The Labute approximate surface area is 130 Å². The fraction of sp³-hybridized carbons (Fsp3) is 1.00. The quantitative estimate of drug-likeness (QED) is 0.534. The third-order valence-corrected chi connectivity index (χ3v) is 5.76. The van der Waals surface area contributed by atoms with Crippen LogP contribution in [0.2, 0.25) is 0 Å². The highest BCUT2D eigenvalue weighted by atomic mass is 16.5. The summed E-state index contributed by atoms with van der Waals surface area (Å²) in [6, 6.07) is 0.354. The molecule has 0 bridgehead atoms. The number of aliphatic hydroxyl groups is 1. The standard InChI is InChI=1S/C18H35NO2/c1-2-3-4-5-6-7-8-11-15-14-18(20)16-12-9-10-13-17(16)19(15)21/h15-20H,2-14H2,1H3. The summed E-state index contributed by atoms with van der Waals surface area (Å²) < 4.78 is 0. The molecule has 0 aromatic rings. The zero-order chi connectivity index (χ0) is 15.1. The van der Waals surface area contributed by atoms with Crippen LogP contribution in [0.4, 0.5) is 0 Å². The van der Waals surface area contributed by atoms with Crippen LogP contribution in [-0.4, -0.2) is 23.3 Å². The predicted octanol–water partition coefficient (Wildman–Crippen LogP) is 3.20. The number of quaternary nitrogens is 1. The maximum atomic E-state index is 12.6. The van der Waals surface area contributed by atoms with Gasteiger partial charge < -0.3 is 15.4 Å².